The zero-order valence-electron chi connectivity index (χ0n) is 20.9. The molecule has 0 radical (unpaired) electrons. The molecule has 6 nitrogen and oxygen atoms in total. The molecule has 0 saturated heterocycles. The highest BCUT2D eigenvalue weighted by Crippen LogP contribution is 2.31. The van der Waals surface area contributed by atoms with E-state index in [1.165, 1.54) is 24.3 Å². The van der Waals surface area contributed by atoms with E-state index in [0.717, 1.165) is 0 Å². The van der Waals surface area contributed by atoms with Gasteiger partial charge in [0.05, 0.1) is 29.7 Å². The lowest BCUT2D eigenvalue weighted by molar-refractivity contribution is 0.0631. The summed E-state index contributed by atoms with van der Waals surface area (Å²) < 4.78 is 20.7. The van der Waals surface area contributed by atoms with Gasteiger partial charge in [0, 0.05) is 12.1 Å². The van der Waals surface area contributed by atoms with Crippen LogP contribution < -0.4 is 10.3 Å². The van der Waals surface area contributed by atoms with E-state index in [1.807, 2.05) is 45.0 Å². The highest BCUT2D eigenvalue weighted by Gasteiger charge is 2.31. The maximum absolute atomic E-state index is 13.9. The lowest BCUT2D eigenvalue weighted by Gasteiger charge is -2.34. The second-order valence-electron chi connectivity index (χ2n) is 9.08. The number of benzene rings is 3. The maximum atomic E-state index is 13.9. The Labute approximate surface area is 210 Å². The fourth-order valence-corrected chi connectivity index (χ4v) is 4.47. The first-order chi connectivity index (χ1) is 17.3. The molecule has 36 heavy (non-hydrogen) atoms. The van der Waals surface area contributed by atoms with Crippen LogP contribution >= 0.6 is 0 Å². The van der Waals surface area contributed by atoms with Gasteiger partial charge >= 0.3 is 0 Å². The number of ether oxygens (including phenoxy) is 1. The molecule has 0 spiro atoms. The Morgan fingerprint density at radius 2 is 1.69 bits per heavy atom. The minimum atomic E-state index is -0.521. The summed E-state index contributed by atoms with van der Waals surface area (Å²) in [5, 5.41) is 0.474. The summed E-state index contributed by atoms with van der Waals surface area (Å²) in [7, 11) is 1.55. The van der Waals surface area contributed by atoms with E-state index in [9.17, 15) is 14.0 Å². The molecular weight excluding hydrogens is 457 g/mol. The van der Waals surface area contributed by atoms with Gasteiger partial charge in [-0.25, -0.2) is 9.37 Å². The van der Waals surface area contributed by atoms with Gasteiger partial charge < -0.3 is 9.64 Å². The van der Waals surface area contributed by atoms with Crippen LogP contribution in [0.5, 0.6) is 5.75 Å². The molecule has 1 aromatic heterocycles. The van der Waals surface area contributed by atoms with Crippen LogP contribution in [0, 0.1) is 11.7 Å². The average molecular weight is 488 g/mol. The Balaban J connectivity index is 1.98. The van der Waals surface area contributed by atoms with Crippen LogP contribution in [0.25, 0.3) is 16.6 Å². The molecule has 0 N–H and O–H groups in total. The Morgan fingerprint density at radius 3 is 2.36 bits per heavy atom. The van der Waals surface area contributed by atoms with Crippen LogP contribution in [0.1, 0.15) is 49.4 Å². The molecule has 0 saturated carbocycles. The van der Waals surface area contributed by atoms with Crippen molar-refractivity contribution in [3.05, 3.63) is 100 Å². The molecule has 0 aliphatic rings. The molecule has 1 unspecified atom stereocenters. The Hall–Kier alpha value is -4.00. The Kier molecular flexibility index (Phi) is 7.48. The largest absolute Gasteiger partial charge is 0.495 e. The van der Waals surface area contributed by atoms with Crippen molar-refractivity contribution >= 4 is 16.8 Å². The number of nitrogens with zero attached hydrogens (tertiary/aromatic N) is 3. The van der Waals surface area contributed by atoms with Gasteiger partial charge in [-0.15, -0.1) is 0 Å². The highest BCUT2D eigenvalue weighted by atomic mass is 19.1. The van der Waals surface area contributed by atoms with Gasteiger partial charge in [0.25, 0.3) is 11.5 Å². The monoisotopic (exact) mass is 487 g/mol. The average Bonchev–Trinajstić information content (AvgIpc) is 2.88. The zero-order valence-corrected chi connectivity index (χ0v) is 20.9. The molecule has 1 heterocycles. The lowest BCUT2D eigenvalue weighted by Crippen LogP contribution is -2.40. The van der Waals surface area contributed by atoms with E-state index in [1.54, 1.807) is 40.8 Å². The number of fused-ring (bicyclic) bond motifs is 1. The highest BCUT2D eigenvalue weighted by molar-refractivity contribution is 5.94. The van der Waals surface area contributed by atoms with E-state index in [4.69, 9.17) is 9.72 Å². The number of para-hydroxylation sites is 3. The minimum absolute atomic E-state index is 0.148. The van der Waals surface area contributed by atoms with E-state index in [-0.39, 0.29) is 17.4 Å². The number of aromatic nitrogens is 2. The normalized spacial score (nSPS) is 12.1. The summed E-state index contributed by atoms with van der Waals surface area (Å²) in [6.45, 7) is 6.45. The summed E-state index contributed by atoms with van der Waals surface area (Å²) in [4.78, 5) is 34.3. The van der Waals surface area contributed by atoms with Crippen molar-refractivity contribution in [3.8, 4) is 11.4 Å². The van der Waals surface area contributed by atoms with Crippen LogP contribution in [0.15, 0.2) is 77.6 Å². The molecule has 4 rings (SSSR count). The SMILES string of the molecule is CCC(c1nc2ccccc2c(=O)n1-c1ccccc1OC)N(CC(C)C)C(=O)c1ccc(F)cc1. The van der Waals surface area contributed by atoms with E-state index in [0.29, 0.717) is 46.7 Å². The predicted molar refractivity (Wildman–Crippen MR) is 139 cm³/mol. The maximum Gasteiger partial charge on any atom is 0.266 e. The molecule has 0 fully saturated rings. The third-order valence-electron chi connectivity index (χ3n) is 6.10. The third-order valence-corrected chi connectivity index (χ3v) is 6.10. The van der Waals surface area contributed by atoms with Gasteiger partial charge in [-0.2, -0.15) is 0 Å². The minimum Gasteiger partial charge on any atom is -0.495 e. The van der Waals surface area contributed by atoms with Crippen LogP contribution in [-0.2, 0) is 0 Å². The second-order valence-corrected chi connectivity index (χ2v) is 9.08. The zero-order chi connectivity index (χ0) is 25.8. The van der Waals surface area contributed by atoms with E-state index in [2.05, 4.69) is 0 Å². The summed E-state index contributed by atoms with van der Waals surface area (Å²) in [6.07, 6.45) is 0.513. The lowest BCUT2D eigenvalue weighted by atomic mass is 10.1. The second kappa shape index (κ2) is 10.7. The molecule has 0 aliphatic heterocycles. The molecule has 1 amide bonds. The number of rotatable bonds is 8. The molecule has 3 aromatic carbocycles. The molecule has 0 bridgehead atoms. The van der Waals surface area contributed by atoms with Crippen molar-refractivity contribution in [2.24, 2.45) is 5.92 Å². The van der Waals surface area contributed by atoms with E-state index >= 15 is 0 Å². The van der Waals surface area contributed by atoms with Crippen LogP contribution in [0.4, 0.5) is 4.39 Å². The first-order valence-corrected chi connectivity index (χ1v) is 12.1. The summed E-state index contributed by atoms with van der Waals surface area (Å²) >= 11 is 0. The van der Waals surface area contributed by atoms with Crippen LogP contribution in [0.3, 0.4) is 0 Å². The molecule has 1 atom stereocenters. The van der Waals surface area contributed by atoms with Gasteiger partial charge in [0.1, 0.15) is 17.4 Å². The fraction of sp³-hybridized carbons (Fsp3) is 0.276. The van der Waals surface area contributed by atoms with Crippen LogP contribution in [-0.4, -0.2) is 34.0 Å². The Morgan fingerprint density at radius 1 is 1.03 bits per heavy atom. The standard InChI is InChI=1S/C29H30FN3O3/c1-5-24(32(18-19(2)3)28(34)20-14-16-21(30)17-15-20)27-31-23-11-7-6-10-22(23)29(35)33(27)25-12-8-9-13-26(25)36-4/h6-17,19,24H,5,18H2,1-4H3. The van der Waals surface area contributed by atoms with Crippen molar-refractivity contribution in [2.75, 3.05) is 13.7 Å². The van der Waals surface area contributed by atoms with Gasteiger partial charge in [0.2, 0.25) is 0 Å². The fourth-order valence-electron chi connectivity index (χ4n) is 4.47. The molecule has 7 heteroatoms. The van der Waals surface area contributed by atoms with Crippen molar-refractivity contribution in [1.29, 1.82) is 0 Å². The molecular formula is C29H30FN3O3. The number of carbonyl (C=O) groups is 1. The third kappa shape index (κ3) is 4.87. The number of halogens is 1. The van der Waals surface area contributed by atoms with Gasteiger partial charge in [-0.05, 0) is 60.9 Å². The number of amides is 1. The summed E-state index contributed by atoms with van der Waals surface area (Å²) in [5.41, 5.74) is 1.25. The Bertz CT molecular complexity index is 1430. The van der Waals surface area contributed by atoms with Gasteiger partial charge in [-0.3, -0.25) is 14.2 Å². The van der Waals surface area contributed by atoms with E-state index < -0.39 is 11.9 Å². The topological polar surface area (TPSA) is 64.4 Å². The number of hydrogen-bond acceptors (Lipinski definition) is 4. The quantitative estimate of drug-likeness (QED) is 0.316. The van der Waals surface area contributed by atoms with Gasteiger partial charge in [-0.1, -0.05) is 45.0 Å². The molecule has 4 aromatic rings. The first-order valence-electron chi connectivity index (χ1n) is 12.1. The molecule has 0 aliphatic carbocycles. The van der Waals surface area contributed by atoms with Crippen LogP contribution in [0.2, 0.25) is 0 Å². The van der Waals surface area contributed by atoms with Gasteiger partial charge in [0.15, 0.2) is 0 Å². The number of hydrogen-bond donors (Lipinski definition) is 0. The molecule has 186 valence electrons. The van der Waals surface area contributed by atoms with Crippen molar-refractivity contribution in [1.82, 2.24) is 14.5 Å². The first kappa shape index (κ1) is 25.1. The van der Waals surface area contributed by atoms with Crippen molar-refractivity contribution < 1.29 is 13.9 Å². The smallest absolute Gasteiger partial charge is 0.266 e. The number of methoxy groups -OCH3 is 1. The number of carbonyl (C=O) groups excluding carboxylic acids is 1. The van der Waals surface area contributed by atoms with Crippen molar-refractivity contribution in [3.63, 3.8) is 0 Å². The summed E-state index contributed by atoms with van der Waals surface area (Å²) in [5.74, 6) is 0.463. The van der Waals surface area contributed by atoms with Crippen molar-refractivity contribution in [2.45, 2.75) is 33.2 Å². The predicted octanol–water partition coefficient (Wildman–Crippen LogP) is 5.78. The summed E-state index contributed by atoms with van der Waals surface area (Å²) in [6, 6.07) is 19.5.